The average molecular weight is 343 g/mol. The molecule has 0 unspecified atom stereocenters. The van der Waals surface area contributed by atoms with Crippen LogP contribution in [0, 0.1) is 5.82 Å². The summed E-state index contributed by atoms with van der Waals surface area (Å²) in [4.78, 5) is 12.1. The van der Waals surface area contributed by atoms with Crippen LogP contribution in [0.4, 0.5) is 15.8 Å². The third-order valence-electron chi connectivity index (χ3n) is 2.61. The summed E-state index contributed by atoms with van der Waals surface area (Å²) in [6, 6.07) is 9.52. The highest BCUT2D eigenvalue weighted by atomic mass is 35.5. The molecule has 0 spiro atoms. The second-order valence-corrected chi connectivity index (χ2v) is 6.71. The van der Waals surface area contributed by atoms with Gasteiger partial charge in [-0.25, -0.2) is 12.8 Å². The molecule has 116 valence electrons. The molecule has 0 saturated heterocycles. The maximum atomic E-state index is 13.3. The summed E-state index contributed by atoms with van der Waals surface area (Å²) in [5, 5.41) is 2.83. The van der Waals surface area contributed by atoms with E-state index in [1.165, 1.54) is 18.2 Å². The molecule has 0 radical (unpaired) electrons. The van der Waals surface area contributed by atoms with Gasteiger partial charge >= 0.3 is 0 Å². The average Bonchev–Trinajstić information content (AvgIpc) is 2.40. The van der Waals surface area contributed by atoms with E-state index in [1.54, 1.807) is 12.1 Å². The van der Waals surface area contributed by atoms with Crippen LogP contribution in [-0.4, -0.2) is 20.6 Å². The van der Waals surface area contributed by atoms with Gasteiger partial charge in [0, 0.05) is 10.6 Å². The van der Waals surface area contributed by atoms with Crippen LogP contribution in [0.3, 0.4) is 0 Å². The van der Waals surface area contributed by atoms with E-state index in [0.717, 1.165) is 18.4 Å². The fraction of sp³-hybridized carbons (Fsp3) is 0.0714. The lowest BCUT2D eigenvalue weighted by molar-refractivity contribution is 0.102. The standard InChI is InChI=1S/C14H12ClFN2O3S/c1-22(20,21)18-12-6-5-11(16)8-13(12)17-14(19)9-3-2-4-10(15)7-9/h2-8,18H,1H3,(H,17,19). The van der Waals surface area contributed by atoms with Crippen molar-refractivity contribution in [2.45, 2.75) is 0 Å². The first-order valence-corrected chi connectivity index (χ1v) is 8.36. The first-order chi connectivity index (χ1) is 10.2. The SMILES string of the molecule is CS(=O)(=O)Nc1ccc(F)cc1NC(=O)c1cccc(Cl)c1. The Kier molecular flexibility index (Phi) is 4.68. The third-order valence-corrected chi connectivity index (χ3v) is 3.44. The van der Waals surface area contributed by atoms with E-state index in [2.05, 4.69) is 10.0 Å². The van der Waals surface area contributed by atoms with Crippen LogP contribution in [0.1, 0.15) is 10.4 Å². The molecule has 0 aliphatic rings. The van der Waals surface area contributed by atoms with Crippen LogP contribution in [0.5, 0.6) is 0 Å². The van der Waals surface area contributed by atoms with Crippen LogP contribution < -0.4 is 10.0 Å². The molecular formula is C14H12ClFN2O3S. The van der Waals surface area contributed by atoms with E-state index >= 15 is 0 Å². The molecule has 8 heteroatoms. The van der Waals surface area contributed by atoms with Crippen molar-refractivity contribution >= 4 is 38.9 Å². The second kappa shape index (κ2) is 6.33. The Bertz CT molecular complexity index is 825. The van der Waals surface area contributed by atoms with Gasteiger partial charge < -0.3 is 5.32 Å². The predicted molar refractivity (Wildman–Crippen MR) is 84.3 cm³/mol. The molecule has 0 aliphatic carbocycles. The topological polar surface area (TPSA) is 75.3 Å². The number of benzene rings is 2. The Morgan fingerprint density at radius 3 is 2.50 bits per heavy atom. The molecule has 0 saturated carbocycles. The fourth-order valence-electron chi connectivity index (χ4n) is 1.73. The number of rotatable bonds is 4. The zero-order chi connectivity index (χ0) is 16.3. The Morgan fingerprint density at radius 1 is 1.14 bits per heavy atom. The van der Waals surface area contributed by atoms with Crippen LogP contribution in [0.25, 0.3) is 0 Å². The zero-order valence-corrected chi connectivity index (χ0v) is 13.0. The molecule has 0 heterocycles. The Morgan fingerprint density at radius 2 is 1.86 bits per heavy atom. The number of nitrogens with one attached hydrogen (secondary N) is 2. The van der Waals surface area contributed by atoms with Crippen molar-refractivity contribution in [3.8, 4) is 0 Å². The van der Waals surface area contributed by atoms with Crippen LogP contribution in [0.2, 0.25) is 5.02 Å². The van der Waals surface area contributed by atoms with Crippen molar-refractivity contribution in [1.82, 2.24) is 0 Å². The van der Waals surface area contributed by atoms with E-state index in [4.69, 9.17) is 11.6 Å². The first-order valence-electron chi connectivity index (χ1n) is 6.09. The number of anilines is 2. The number of carbonyl (C=O) groups excluding carboxylic acids is 1. The lowest BCUT2D eigenvalue weighted by Crippen LogP contribution is -2.16. The monoisotopic (exact) mass is 342 g/mol. The van der Waals surface area contributed by atoms with Crippen molar-refractivity contribution in [2.75, 3.05) is 16.3 Å². The molecule has 0 atom stereocenters. The highest BCUT2D eigenvalue weighted by molar-refractivity contribution is 7.92. The van der Waals surface area contributed by atoms with Gasteiger partial charge in [-0.05, 0) is 36.4 Å². The summed E-state index contributed by atoms with van der Waals surface area (Å²) < 4.78 is 38.2. The number of carbonyl (C=O) groups is 1. The molecule has 0 bridgehead atoms. The second-order valence-electron chi connectivity index (χ2n) is 4.53. The number of amides is 1. The van der Waals surface area contributed by atoms with E-state index in [9.17, 15) is 17.6 Å². The smallest absolute Gasteiger partial charge is 0.255 e. The van der Waals surface area contributed by atoms with Crippen molar-refractivity contribution in [3.05, 3.63) is 58.9 Å². The quantitative estimate of drug-likeness (QED) is 0.896. The molecule has 1 amide bonds. The lowest BCUT2D eigenvalue weighted by atomic mass is 10.2. The summed E-state index contributed by atoms with van der Waals surface area (Å²) in [6.07, 6.45) is 0.957. The Labute approximate surface area is 132 Å². The Balaban J connectivity index is 2.32. The van der Waals surface area contributed by atoms with Gasteiger partial charge in [-0.3, -0.25) is 9.52 Å². The molecule has 5 nitrogen and oxygen atoms in total. The summed E-state index contributed by atoms with van der Waals surface area (Å²) in [5.74, 6) is -1.15. The van der Waals surface area contributed by atoms with Gasteiger partial charge in [-0.1, -0.05) is 17.7 Å². The number of halogens is 2. The van der Waals surface area contributed by atoms with Crippen molar-refractivity contribution < 1.29 is 17.6 Å². The first kappa shape index (κ1) is 16.3. The Hall–Kier alpha value is -2.12. The van der Waals surface area contributed by atoms with Crippen molar-refractivity contribution in [1.29, 1.82) is 0 Å². The fourth-order valence-corrected chi connectivity index (χ4v) is 2.50. The molecule has 2 aromatic rings. The molecule has 2 aromatic carbocycles. The highest BCUT2D eigenvalue weighted by Crippen LogP contribution is 2.24. The summed E-state index contributed by atoms with van der Waals surface area (Å²) in [7, 11) is -3.56. The van der Waals surface area contributed by atoms with Crippen molar-refractivity contribution in [3.63, 3.8) is 0 Å². The molecule has 22 heavy (non-hydrogen) atoms. The van der Waals surface area contributed by atoms with E-state index in [0.29, 0.717) is 5.02 Å². The minimum atomic E-state index is -3.56. The minimum Gasteiger partial charge on any atom is -0.320 e. The molecular weight excluding hydrogens is 331 g/mol. The molecule has 0 aromatic heterocycles. The summed E-state index contributed by atoms with van der Waals surface area (Å²) >= 11 is 5.80. The van der Waals surface area contributed by atoms with Crippen molar-refractivity contribution in [2.24, 2.45) is 0 Å². The highest BCUT2D eigenvalue weighted by Gasteiger charge is 2.13. The molecule has 2 N–H and O–H groups in total. The minimum absolute atomic E-state index is 0.00963. The van der Waals surface area contributed by atoms with Gasteiger partial charge in [0.05, 0.1) is 17.6 Å². The zero-order valence-electron chi connectivity index (χ0n) is 11.4. The molecule has 2 rings (SSSR count). The van der Waals surface area contributed by atoms with Gasteiger partial charge in [0.15, 0.2) is 0 Å². The maximum absolute atomic E-state index is 13.3. The van der Waals surface area contributed by atoms with Gasteiger partial charge in [0.1, 0.15) is 5.82 Å². The lowest BCUT2D eigenvalue weighted by Gasteiger charge is -2.12. The van der Waals surface area contributed by atoms with Gasteiger partial charge in [0.2, 0.25) is 10.0 Å². The largest absolute Gasteiger partial charge is 0.320 e. The molecule has 0 fully saturated rings. The van der Waals surface area contributed by atoms with Gasteiger partial charge in [0.25, 0.3) is 5.91 Å². The van der Waals surface area contributed by atoms with E-state index < -0.39 is 21.7 Å². The predicted octanol–water partition coefficient (Wildman–Crippen LogP) is 3.10. The van der Waals surface area contributed by atoms with Gasteiger partial charge in [-0.2, -0.15) is 0 Å². The summed E-state index contributed by atoms with van der Waals surface area (Å²) in [5.41, 5.74) is 0.344. The molecule has 0 aliphatic heterocycles. The number of sulfonamides is 1. The third kappa shape index (κ3) is 4.44. The van der Waals surface area contributed by atoms with Crippen LogP contribution in [0.15, 0.2) is 42.5 Å². The summed E-state index contributed by atoms with van der Waals surface area (Å²) in [6.45, 7) is 0. The normalized spacial score (nSPS) is 11.0. The van der Waals surface area contributed by atoms with E-state index in [-0.39, 0.29) is 16.9 Å². The number of hydrogen-bond acceptors (Lipinski definition) is 3. The van der Waals surface area contributed by atoms with E-state index in [1.807, 2.05) is 0 Å². The van der Waals surface area contributed by atoms with Gasteiger partial charge in [-0.15, -0.1) is 0 Å². The van der Waals surface area contributed by atoms with Crippen LogP contribution in [-0.2, 0) is 10.0 Å². The maximum Gasteiger partial charge on any atom is 0.255 e. The number of hydrogen-bond donors (Lipinski definition) is 2. The van der Waals surface area contributed by atoms with Crippen LogP contribution >= 0.6 is 11.6 Å².